The quantitative estimate of drug-likeness (QED) is 0.900. The number of nitrogens with one attached hydrogen (secondary N) is 1. The topological polar surface area (TPSA) is 52.9 Å². The molecule has 0 aromatic heterocycles. The van der Waals surface area contributed by atoms with Crippen molar-refractivity contribution < 1.29 is 9.18 Å². The lowest BCUT2D eigenvalue weighted by Crippen LogP contribution is -2.26. The fourth-order valence-electron chi connectivity index (χ4n) is 1.31. The van der Waals surface area contributed by atoms with Crippen LogP contribution in [-0.4, -0.2) is 5.91 Å². The molecular weight excluding hydrogens is 243 g/mol. The van der Waals surface area contributed by atoms with Gasteiger partial charge in [0.15, 0.2) is 0 Å². The Hall–Kier alpha value is -1.60. The summed E-state index contributed by atoms with van der Waals surface area (Å²) in [6, 6.07) is 5.74. The monoisotopic (exact) mass is 254 g/mol. The van der Waals surface area contributed by atoms with Crippen LogP contribution in [0.4, 0.5) is 10.1 Å². The van der Waals surface area contributed by atoms with Gasteiger partial charge in [0.1, 0.15) is 11.7 Å². The van der Waals surface area contributed by atoms with Crippen molar-refractivity contribution in [2.24, 2.45) is 11.8 Å². The standard InChI is InChI=1S/C12H12ClFN2O/c1-7(2)9(6-15)12(17)16-11-5-8(13)3-4-10(11)14/h3-5,7,9H,1-2H3,(H,16,17). The predicted octanol–water partition coefficient (Wildman–Crippen LogP) is 3.21. The smallest absolute Gasteiger partial charge is 0.242 e. The molecule has 0 radical (unpaired) electrons. The minimum Gasteiger partial charge on any atom is -0.322 e. The second-order valence-corrected chi connectivity index (χ2v) is 4.40. The molecule has 1 aromatic rings. The highest BCUT2D eigenvalue weighted by molar-refractivity contribution is 6.30. The third-order valence-electron chi connectivity index (χ3n) is 2.27. The van der Waals surface area contributed by atoms with Crippen molar-refractivity contribution in [2.45, 2.75) is 13.8 Å². The van der Waals surface area contributed by atoms with Crippen LogP contribution in [0.15, 0.2) is 18.2 Å². The third kappa shape index (κ3) is 3.43. The van der Waals surface area contributed by atoms with Crippen molar-refractivity contribution in [3.63, 3.8) is 0 Å². The lowest BCUT2D eigenvalue weighted by Gasteiger charge is -2.13. The Morgan fingerprint density at radius 3 is 2.71 bits per heavy atom. The fraction of sp³-hybridized carbons (Fsp3) is 0.333. The second-order valence-electron chi connectivity index (χ2n) is 3.96. The molecular formula is C12H12ClFN2O. The Morgan fingerprint density at radius 1 is 1.53 bits per heavy atom. The Morgan fingerprint density at radius 2 is 2.18 bits per heavy atom. The van der Waals surface area contributed by atoms with Crippen LogP contribution in [0.2, 0.25) is 5.02 Å². The zero-order chi connectivity index (χ0) is 13.0. The lowest BCUT2D eigenvalue weighted by atomic mass is 9.96. The van der Waals surface area contributed by atoms with Gasteiger partial charge in [-0.2, -0.15) is 5.26 Å². The first-order valence-electron chi connectivity index (χ1n) is 5.11. The van der Waals surface area contributed by atoms with Crippen molar-refractivity contribution in [1.29, 1.82) is 5.26 Å². The normalized spacial score (nSPS) is 12.0. The van der Waals surface area contributed by atoms with E-state index in [0.29, 0.717) is 5.02 Å². The largest absolute Gasteiger partial charge is 0.322 e. The first-order chi connectivity index (χ1) is 7.95. The molecule has 0 aliphatic rings. The molecule has 0 saturated heterocycles. The molecule has 5 heteroatoms. The number of benzene rings is 1. The van der Waals surface area contributed by atoms with Crippen LogP contribution in [0, 0.1) is 29.0 Å². The maximum atomic E-state index is 13.3. The highest BCUT2D eigenvalue weighted by atomic mass is 35.5. The Kier molecular flexibility index (Phi) is 4.47. The molecule has 0 spiro atoms. The summed E-state index contributed by atoms with van der Waals surface area (Å²) in [5.74, 6) is -2.05. The summed E-state index contributed by atoms with van der Waals surface area (Å²) in [5, 5.41) is 11.5. The molecule has 0 fully saturated rings. The second kappa shape index (κ2) is 5.65. The number of amides is 1. The van der Waals surface area contributed by atoms with Gasteiger partial charge in [-0.1, -0.05) is 25.4 Å². The number of carbonyl (C=O) groups excluding carboxylic acids is 1. The fourth-order valence-corrected chi connectivity index (χ4v) is 1.49. The molecule has 0 aliphatic carbocycles. The number of hydrogen-bond donors (Lipinski definition) is 1. The molecule has 0 aliphatic heterocycles. The van der Waals surface area contributed by atoms with Crippen LogP contribution in [0.3, 0.4) is 0 Å². The van der Waals surface area contributed by atoms with Gasteiger partial charge in [-0.3, -0.25) is 4.79 Å². The van der Waals surface area contributed by atoms with Gasteiger partial charge >= 0.3 is 0 Å². The SMILES string of the molecule is CC(C)C(C#N)C(=O)Nc1cc(Cl)ccc1F. The van der Waals surface area contributed by atoms with Gasteiger partial charge in [0.2, 0.25) is 5.91 Å². The molecule has 0 saturated carbocycles. The van der Waals surface area contributed by atoms with Crippen LogP contribution in [0.25, 0.3) is 0 Å². The van der Waals surface area contributed by atoms with Crippen LogP contribution in [0.1, 0.15) is 13.8 Å². The highest BCUT2D eigenvalue weighted by Crippen LogP contribution is 2.21. The Bertz CT molecular complexity index is 468. The third-order valence-corrected chi connectivity index (χ3v) is 2.51. The average molecular weight is 255 g/mol. The van der Waals surface area contributed by atoms with E-state index >= 15 is 0 Å². The number of hydrogen-bond acceptors (Lipinski definition) is 2. The summed E-state index contributed by atoms with van der Waals surface area (Å²) in [6.07, 6.45) is 0. The van der Waals surface area contributed by atoms with E-state index in [4.69, 9.17) is 16.9 Å². The Balaban J connectivity index is 2.88. The van der Waals surface area contributed by atoms with Gasteiger partial charge in [0.05, 0.1) is 11.8 Å². The van der Waals surface area contributed by atoms with E-state index in [-0.39, 0.29) is 11.6 Å². The van der Waals surface area contributed by atoms with Crippen molar-refractivity contribution in [3.05, 3.63) is 29.0 Å². The van der Waals surface area contributed by atoms with Gasteiger partial charge in [-0.15, -0.1) is 0 Å². The van der Waals surface area contributed by atoms with E-state index in [1.807, 2.05) is 6.07 Å². The van der Waals surface area contributed by atoms with E-state index in [1.165, 1.54) is 12.1 Å². The van der Waals surface area contributed by atoms with E-state index in [1.54, 1.807) is 13.8 Å². The van der Waals surface area contributed by atoms with Crippen molar-refractivity contribution in [2.75, 3.05) is 5.32 Å². The van der Waals surface area contributed by atoms with Crippen LogP contribution in [-0.2, 0) is 4.79 Å². The molecule has 0 bridgehead atoms. The van der Waals surface area contributed by atoms with Crippen molar-refractivity contribution in [1.82, 2.24) is 0 Å². The van der Waals surface area contributed by atoms with Crippen LogP contribution in [0.5, 0.6) is 0 Å². The molecule has 1 amide bonds. The summed E-state index contributed by atoms with van der Waals surface area (Å²) in [5.41, 5.74) is -0.0107. The molecule has 1 aromatic carbocycles. The van der Waals surface area contributed by atoms with E-state index in [0.717, 1.165) is 6.07 Å². The van der Waals surface area contributed by atoms with Crippen LogP contribution >= 0.6 is 11.6 Å². The lowest BCUT2D eigenvalue weighted by molar-refractivity contribution is -0.119. The summed E-state index contributed by atoms with van der Waals surface area (Å²) in [7, 11) is 0. The molecule has 90 valence electrons. The molecule has 1 unspecified atom stereocenters. The van der Waals surface area contributed by atoms with Crippen LogP contribution < -0.4 is 5.32 Å². The number of rotatable bonds is 3. The Labute approximate surface area is 104 Å². The molecule has 3 nitrogen and oxygen atoms in total. The summed E-state index contributed by atoms with van der Waals surface area (Å²) >= 11 is 5.69. The number of carbonyl (C=O) groups is 1. The number of anilines is 1. The predicted molar refractivity (Wildman–Crippen MR) is 64.0 cm³/mol. The zero-order valence-electron chi connectivity index (χ0n) is 9.50. The molecule has 17 heavy (non-hydrogen) atoms. The first-order valence-corrected chi connectivity index (χ1v) is 5.49. The summed E-state index contributed by atoms with van der Waals surface area (Å²) in [4.78, 5) is 11.7. The number of nitrogens with zero attached hydrogens (tertiary/aromatic N) is 1. The summed E-state index contributed by atoms with van der Waals surface area (Å²) in [6.45, 7) is 3.50. The molecule has 0 heterocycles. The van der Waals surface area contributed by atoms with Gasteiger partial charge in [-0.25, -0.2) is 4.39 Å². The molecule has 1 rings (SSSR count). The molecule has 1 N–H and O–H groups in total. The summed E-state index contributed by atoms with van der Waals surface area (Å²) < 4.78 is 13.3. The number of nitriles is 1. The van der Waals surface area contributed by atoms with Crippen molar-refractivity contribution >= 4 is 23.2 Å². The first kappa shape index (κ1) is 13.5. The maximum absolute atomic E-state index is 13.3. The molecule has 1 atom stereocenters. The minimum absolute atomic E-state index is 0.0107. The van der Waals surface area contributed by atoms with Crippen molar-refractivity contribution in [3.8, 4) is 6.07 Å². The average Bonchev–Trinajstić information content (AvgIpc) is 2.24. The van der Waals surface area contributed by atoms with Gasteiger partial charge in [0.25, 0.3) is 0 Å². The van der Waals surface area contributed by atoms with Gasteiger partial charge < -0.3 is 5.32 Å². The minimum atomic E-state index is -0.812. The number of halogens is 2. The maximum Gasteiger partial charge on any atom is 0.242 e. The van der Waals surface area contributed by atoms with E-state index in [9.17, 15) is 9.18 Å². The highest BCUT2D eigenvalue weighted by Gasteiger charge is 2.22. The van der Waals surface area contributed by atoms with Gasteiger partial charge in [-0.05, 0) is 24.1 Å². The van der Waals surface area contributed by atoms with E-state index in [2.05, 4.69) is 5.32 Å². The van der Waals surface area contributed by atoms with Gasteiger partial charge in [0, 0.05) is 5.02 Å². The zero-order valence-corrected chi connectivity index (χ0v) is 10.3. The van der Waals surface area contributed by atoms with E-state index < -0.39 is 17.6 Å².